The number of halogens is 4. The van der Waals surface area contributed by atoms with Gasteiger partial charge in [0.15, 0.2) is 11.5 Å². The van der Waals surface area contributed by atoms with Crippen LogP contribution in [-0.2, 0) is 11.3 Å². The molecule has 2 N–H and O–H groups in total. The number of anilines is 1. The summed E-state index contributed by atoms with van der Waals surface area (Å²) in [5.41, 5.74) is 2.20. The van der Waals surface area contributed by atoms with Gasteiger partial charge in [0, 0.05) is 30.9 Å². The maximum absolute atomic E-state index is 14.1. The smallest absolute Gasteiger partial charge is 0.406 e. The van der Waals surface area contributed by atoms with E-state index in [4.69, 9.17) is 0 Å². The Bertz CT molecular complexity index is 1470. The van der Waals surface area contributed by atoms with E-state index in [2.05, 4.69) is 30.4 Å². The molecule has 3 heterocycles. The highest BCUT2D eigenvalue weighted by Gasteiger charge is 2.31. The normalized spacial score (nSPS) is 11.4. The molecule has 1 aromatic carbocycles. The van der Waals surface area contributed by atoms with Crippen molar-refractivity contribution in [3.8, 4) is 17.0 Å². The molecule has 13 heteroatoms. The fourth-order valence-corrected chi connectivity index (χ4v) is 3.32. The first-order chi connectivity index (χ1) is 17.0. The number of carbonyl (C=O) groups is 2. The van der Waals surface area contributed by atoms with Crippen LogP contribution < -0.4 is 15.4 Å². The number of fused-ring (bicyclic) bond motifs is 1. The fourth-order valence-electron chi connectivity index (χ4n) is 3.32. The number of nitrogens with one attached hydrogen (secondary N) is 2. The first-order valence-corrected chi connectivity index (χ1v) is 10.4. The van der Waals surface area contributed by atoms with Crippen molar-refractivity contribution in [3.63, 3.8) is 0 Å². The fraction of sp³-hybridized carbons (Fsp3) is 0.174. The molecule has 0 fully saturated rings. The van der Waals surface area contributed by atoms with Gasteiger partial charge in [0.1, 0.15) is 11.6 Å². The average Bonchev–Trinajstić information content (AvgIpc) is 3.19. The number of nitrogens with zero attached hydrogens (tertiary/aromatic N) is 4. The maximum atomic E-state index is 14.1. The van der Waals surface area contributed by atoms with Crippen molar-refractivity contribution in [2.45, 2.75) is 26.8 Å². The third kappa shape index (κ3) is 5.74. The summed E-state index contributed by atoms with van der Waals surface area (Å²) in [5.74, 6) is -2.56. The maximum Gasteiger partial charge on any atom is 0.573 e. The molecule has 36 heavy (non-hydrogen) atoms. The number of carbonyl (C=O) groups excluding carboxylic acids is 2. The lowest BCUT2D eigenvalue weighted by Gasteiger charge is -2.12. The van der Waals surface area contributed by atoms with Crippen molar-refractivity contribution in [1.29, 1.82) is 0 Å². The van der Waals surface area contributed by atoms with Gasteiger partial charge < -0.3 is 15.4 Å². The van der Waals surface area contributed by atoms with Gasteiger partial charge in [-0.05, 0) is 48.9 Å². The first kappa shape index (κ1) is 24.6. The second-order valence-corrected chi connectivity index (χ2v) is 7.67. The van der Waals surface area contributed by atoms with Gasteiger partial charge in [-0.25, -0.2) is 13.9 Å². The molecule has 0 radical (unpaired) electrons. The molecule has 9 nitrogen and oxygen atoms in total. The van der Waals surface area contributed by atoms with Crippen LogP contribution in [0.1, 0.15) is 28.5 Å². The predicted molar refractivity (Wildman–Crippen MR) is 120 cm³/mol. The summed E-state index contributed by atoms with van der Waals surface area (Å²) in [6.45, 7) is 2.99. The SMILES string of the molecule is CC(=O)Nc1cn2nc(-c3cnc(C)c(CNC(=O)c4cc(OC(F)(F)F)ccc4F)c3)ccc2n1. The second kappa shape index (κ2) is 9.60. The number of aryl methyl sites for hydroxylation is 1. The lowest BCUT2D eigenvalue weighted by Crippen LogP contribution is -2.25. The van der Waals surface area contributed by atoms with Gasteiger partial charge in [-0.1, -0.05) is 0 Å². The zero-order valence-electron chi connectivity index (χ0n) is 18.9. The van der Waals surface area contributed by atoms with Crippen LogP contribution >= 0.6 is 0 Å². The van der Waals surface area contributed by atoms with Gasteiger partial charge in [-0.3, -0.25) is 14.6 Å². The number of amides is 2. The molecular weight excluding hydrogens is 484 g/mol. The van der Waals surface area contributed by atoms with Crippen molar-refractivity contribution in [3.05, 3.63) is 71.4 Å². The van der Waals surface area contributed by atoms with Gasteiger partial charge in [0.05, 0.1) is 17.5 Å². The van der Waals surface area contributed by atoms with E-state index in [1.807, 2.05) is 0 Å². The molecule has 4 aromatic rings. The molecule has 0 spiro atoms. The summed E-state index contributed by atoms with van der Waals surface area (Å²) in [7, 11) is 0. The number of ether oxygens (including phenoxy) is 1. The van der Waals surface area contributed by atoms with Crippen molar-refractivity contribution in [2.75, 3.05) is 5.32 Å². The molecule has 186 valence electrons. The van der Waals surface area contributed by atoms with E-state index in [-0.39, 0.29) is 12.5 Å². The number of rotatable bonds is 6. The summed E-state index contributed by atoms with van der Waals surface area (Å²) in [4.78, 5) is 32.3. The number of benzene rings is 1. The second-order valence-electron chi connectivity index (χ2n) is 7.67. The highest BCUT2D eigenvalue weighted by Crippen LogP contribution is 2.25. The summed E-state index contributed by atoms with van der Waals surface area (Å²) in [5, 5.41) is 9.52. The molecule has 0 aliphatic carbocycles. The van der Waals surface area contributed by atoms with Crippen LogP contribution in [0.15, 0.2) is 48.8 Å². The lowest BCUT2D eigenvalue weighted by molar-refractivity contribution is -0.274. The van der Waals surface area contributed by atoms with Gasteiger partial charge in [-0.2, -0.15) is 5.10 Å². The van der Waals surface area contributed by atoms with E-state index in [0.717, 1.165) is 12.1 Å². The van der Waals surface area contributed by atoms with Gasteiger partial charge in [0.2, 0.25) is 5.91 Å². The Morgan fingerprint density at radius 3 is 2.64 bits per heavy atom. The number of alkyl halides is 3. The summed E-state index contributed by atoms with van der Waals surface area (Å²) in [6.07, 6.45) is -1.85. The Kier molecular flexibility index (Phi) is 6.55. The summed E-state index contributed by atoms with van der Waals surface area (Å²) >= 11 is 0. The van der Waals surface area contributed by atoms with E-state index < -0.39 is 29.4 Å². The van der Waals surface area contributed by atoms with Gasteiger partial charge >= 0.3 is 6.36 Å². The molecule has 0 saturated heterocycles. The first-order valence-electron chi connectivity index (χ1n) is 10.4. The largest absolute Gasteiger partial charge is 0.573 e. The third-order valence-corrected chi connectivity index (χ3v) is 4.97. The highest BCUT2D eigenvalue weighted by molar-refractivity contribution is 5.94. The Labute approximate surface area is 201 Å². The van der Waals surface area contributed by atoms with Gasteiger partial charge in [0.25, 0.3) is 5.91 Å². The molecule has 3 aromatic heterocycles. The Morgan fingerprint density at radius 1 is 1.14 bits per heavy atom. The molecule has 0 unspecified atom stereocenters. The number of aromatic nitrogens is 4. The Balaban J connectivity index is 1.53. The minimum atomic E-state index is -4.98. The van der Waals surface area contributed by atoms with Crippen LogP contribution in [0.2, 0.25) is 0 Å². The zero-order chi connectivity index (χ0) is 26.0. The molecular formula is C23H18F4N6O3. The number of hydrogen-bond acceptors (Lipinski definition) is 6. The lowest BCUT2D eigenvalue weighted by atomic mass is 10.1. The molecule has 2 amide bonds. The topological polar surface area (TPSA) is 111 Å². The van der Waals surface area contributed by atoms with Crippen molar-refractivity contribution in [2.24, 2.45) is 0 Å². The molecule has 4 rings (SSSR count). The number of pyridine rings is 1. The molecule has 0 aliphatic heterocycles. The Morgan fingerprint density at radius 2 is 1.92 bits per heavy atom. The van der Waals surface area contributed by atoms with Crippen LogP contribution in [0.25, 0.3) is 16.9 Å². The van der Waals surface area contributed by atoms with Crippen molar-refractivity contribution in [1.82, 2.24) is 24.9 Å². The number of hydrogen-bond donors (Lipinski definition) is 2. The summed E-state index contributed by atoms with van der Waals surface area (Å²) < 4.78 is 56.7. The average molecular weight is 502 g/mol. The predicted octanol–water partition coefficient (Wildman–Crippen LogP) is 4.03. The number of imidazole rings is 1. The zero-order valence-corrected chi connectivity index (χ0v) is 18.9. The van der Waals surface area contributed by atoms with E-state index >= 15 is 0 Å². The van der Waals surface area contributed by atoms with E-state index in [0.29, 0.717) is 40.0 Å². The van der Waals surface area contributed by atoms with Crippen LogP contribution in [-0.4, -0.2) is 37.8 Å². The van der Waals surface area contributed by atoms with Crippen LogP contribution in [0.3, 0.4) is 0 Å². The molecule has 0 saturated carbocycles. The van der Waals surface area contributed by atoms with Crippen LogP contribution in [0, 0.1) is 12.7 Å². The van der Waals surface area contributed by atoms with E-state index in [1.165, 1.54) is 11.4 Å². The van der Waals surface area contributed by atoms with Crippen molar-refractivity contribution >= 4 is 23.3 Å². The summed E-state index contributed by atoms with van der Waals surface area (Å²) in [6, 6.07) is 7.31. The monoisotopic (exact) mass is 502 g/mol. The third-order valence-electron chi connectivity index (χ3n) is 4.97. The molecule has 0 atom stereocenters. The van der Waals surface area contributed by atoms with Crippen molar-refractivity contribution < 1.29 is 31.9 Å². The van der Waals surface area contributed by atoms with Crippen LogP contribution in [0.5, 0.6) is 5.75 Å². The Hall–Kier alpha value is -4.55. The minimum Gasteiger partial charge on any atom is -0.406 e. The van der Waals surface area contributed by atoms with Gasteiger partial charge in [-0.15, -0.1) is 13.2 Å². The van der Waals surface area contributed by atoms with E-state index in [9.17, 15) is 27.2 Å². The molecule has 0 aliphatic rings. The minimum absolute atomic E-state index is 0.0741. The quantitative estimate of drug-likeness (QED) is 0.386. The standard InChI is InChI=1S/C23H18F4N6O3/c1-12-14(9-29-22(35)17-8-16(3-4-18(17)24)36-23(25,26)27)7-15(10-28-12)19-5-6-21-31-20(30-13(2)34)11-33(21)32-19/h3-8,10-11H,9H2,1-2H3,(H,29,35)(H,30,34). The molecule has 0 bridgehead atoms. The van der Waals surface area contributed by atoms with E-state index in [1.54, 1.807) is 37.5 Å². The van der Waals surface area contributed by atoms with Crippen LogP contribution in [0.4, 0.5) is 23.4 Å². The highest BCUT2D eigenvalue weighted by atomic mass is 19.4.